The Hall–Kier alpha value is -1.80. The molecule has 0 radical (unpaired) electrons. The van der Waals surface area contributed by atoms with Crippen molar-refractivity contribution >= 4 is 28.5 Å². The Morgan fingerprint density at radius 1 is 1.16 bits per heavy atom. The Balaban J connectivity index is 1.89. The van der Waals surface area contributed by atoms with E-state index in [4.69, 9.17) is 9.47 Å². The predicted molar refractivity (Wildman–Crippen MR) is 107 cm³/mol. The first kappa shape index (κ1) is 19.5. The van der Waals surface area contributed by atoms with Crippen molar-refractivity contribution < 1.29 is 14.3 Å². The SMILES string of the molecule is COc1cccc(C(CNC(=O)COc2ccc(I)cc2)N(C)C)c1. The van der Waals surface area contributed by atoms with Gasteiger partial charge in [-0.25, -0.2) is 0 Å². The van der Waals surface area contributed by atoms with Gasteiger partial charge in [0, 0.05) is 10.1 Å². The number of nitrogens with zero attached hydrogens (tertiary/aromatic N) is 1. The molecule has 1 atom stereocenters. The summed E-state index contributed by atoms with van der Waals surface area (Å²) in [5, 5.41) is 2.93. The van der Waals surface area contributed by atoms with Crippen LogP contribution in [-0.4, -0.2) is 45.2 Å². The van der Waals surface area contributed by atoms with Gasteiger partial charge in [-0.2, -0.15) is 0 Å². The summed E-state index contributed by atoms with van der Waals surface area (Å²) in [6.45, 7) is 0.494. The van der Waals surface area contributed by atoms with E-state index < -0.39 is 0 Å². The summed E-state index contributed by atoms with van der Waals surface area (Å²) in [6.07, 6.45) is 0. The van der Waals surface area contributed by atoms with Gasteiger partial charge in [0.1, 0.15) is 11.5 Å². The molecule has 6 heteroatoms. The van der Waals surface area contributed by atoms with Gasteiger partial charge in [0.05, 0.1) is 13.2 Å². The first-order valence-corrected chi connectivity index (χ1v) is 9.03. The molecule has 134 valence electrons. The van der Waals surface area contributed by atoms with E-state index in [-0.39, 0.29) is 18.6 Å². The van der Waals surface area contributed by atoms with Gasteiger partial charge in [-0.3, -0.25) is 4.79 Å². The molecule has 1 amide bonds. The number of methoxy groups -OCH3 is 1. The van der Waals surface area contributed by atoms with Crippen LogP contribution >= 0.6 is 22.6 Å². The van der Waals surface area contributed by atoms with Crippen molar-refractivity contribution in [3.63, 3.8) is 0 Å². The number of benzene rings is 2. The fourth-order valence-corrected chi connectivity index (χ4v) is 2.75. The van der Waals surface area contributed by atoms with Crippen LogP contribution in [-0.2, 0) is 4.79 Å². The van der Waals surface area contributed by atoms with Crippen LogP contribution in [0.2, 0.25) is 0 Å². The first-order chi connectivity index (χ1) is 12.0. The molecule has 0 aliphatic carbocycles. The Kier molecular flexibility index (Phi) is 7.52. The fraction of sp³-hybridized carbons (Fsp3) is 0.316. The molecule has 2 aromatic rings. The van der Waals surface area contributed by atoms with Gasteiger partial charge in [0.25, 0.3) is 5.91 Å². The molecule has 5 nitrogen and oxygen atoms in total. The van der Waals surface area contributed by atoms with Crippen LogP contribution in [0, 0.1) is 3.57 Å². The molecule has 2 rings (SSSR count). The standard InChI is InChI=1S/C19H23IN2O3/c1-22(2)18(14-5-4-6-17(11-14)24-3)12-21-19(23)13-25-16-9-7-15(20)8-10-16/h4-11,18H,12-13H2,1-3H3,(H,21,23). The van der Waals surface area contributed by atoms with E-state index in [0.717, 1.165) is 14.9 Å². The molecule has 2 aromatic carbocycles. The van der Waals surface area contributed by atoms with Gasteiger partial charge < -0.3 is 19.7 Å². The average Bonchev–Trinajstić information content (AvgIpc) is 2.61. The van der Waals surface area contributed by atoms with E-state index in [1.807, 2.05) is 62.6 Å². The van der Waals surface area contributed by atoms with Crippen molar-refractivity contribution in [2.24, 2.45) is 0 Å². The zero-order valence-electron chi connectivity index (χ0n) is 14.7. The van der Waals surface area contributed by atoms with Crippen molar-refractivity contribution in [3.05, 3.63) is 57.7 Å². The van der Waals surface area contributed by atoms with E-state index >= 15 is 0 Å². The molecular formula is C19H23IN2O3. The second-order valence-corrected chi connectivity index (χ2v) is 7.05. The molecular weight excluding hydrogens is 431 g/mol. The van der Waals surface area contributed by atoms with Crippen molar-refractivity contribution in [2.45, 2.75) is 6.04 Å². The Morgan fingerprint density at radius 3 is 2.52 bits per heavy atom. The molecule has 1 unspecified atom stereocenters. The Bertz CT molecular complexity index is 689. The summed E-state index contributed by atoms with van der Waals surface area (Å²) >= 11 is 2.23. The topological polar surface area (TPSA) is 50.8 Å². The third-order valence-electron chi connectivity index (χ3n) is 3.78. The number of carbonyl (C=O) groups is 1. The first-order valence-electron chi connectivity index (χ1n) is 7.95. The number of carbonyl (C=O) groups excluding carboxylic acids is 1. The number of amides is 1. The maximum Gasteiger partial charge on any atom is 0.258 e. The van der Waals surface area contributed by atoms with Crippen LogP contribution in [0.5, 0.6) is 11.5 Å². The average molecular weight is 454 g/mol. The maximum atomic E-state index is 12.1. The van der Waals surface area contributed by atoms with Crippen LogP contribution < -0.4 is 14.8 Å². The molecule has 0 heterocycles. The molecule has 1 N–H and O–H groups in total. The smallest absolute Gasteiger partial charge is 0.258 e. The minimum Gasteiger partial charge on any atom is -0.497 e. The molecule has 0 spiro atoms. The molecule has 0 aliphatic heterocycles. The van der Waals surface area contributed by atoms with Gasteiger partial charge in [-0.05, 0) is 78.6 Å². The third kappa shape index (κ3) is 6.21. The van der Waals surface area contributed by atoms with Gasteiger partial charge in [0.15, 0.2) is 6.61 Å². The summed E-state index contributed by atoms with van der Waals surface area (Å²) in [5.74, 6) is 1.35. The molecule has 25 heavy (non-hydrogen) atoms. The molecule has 0 saturated carbocycles. The number of halogens is 1. The number of nitrogens with one attached hydrogen (secondary N) is 1. The van der Waals surface area contributed by atoms with Crippen LogP contribution in [0.25, 0.3) is 0 Å². The lowest BCUT2D eigenvalue weighted by Gasteiger charge is -2.25. The molecule has 0 saturated heterocycles. The second kappa shape index (κ2) is 9.62. The highest BCUT2D eigenvalue weighted by Crippen LogP contribution is 2.22. The lowest BCUT2D eigenvalue weighted by atomic mass is 10.1. The van der Waals surface area contributed by atoms with Crippen molar-refractivity contribution in [2.75, 3.05) is 34.4 Å². The predicted octanol–water partition coefficient (Wildman–Crippen LogP) is 3.10. The van der Waals surface area contributed by atoms with E-state index in [0.29, 0.717) is 12.3 Å². The van der Waals surface area contributed by atoms with Gasteiger partial charge in [-0.15, -0.1) is 0 Å². The van der Waals surface area contributed by atoms with E-state index in [1.165, 1.54) is 0 Å². The minimum atomic E-state index is -0.145. The lowest BCUT2D eigenvalue weighted by Crippen LogP contribution is -2.36. The maximum absolute atomic E-state index is 12.1. The summed E-state index contributed by atoms with van der Waals surface area (Å²) in [6, 6.07) is 15.5. The minimum absolute atomic E-state index is 0.00114. The zero-order chi connectivity index (χ0) is 18.2. The van der Waals surface area contributed by atoms with Crippen molar-refractivity contribution in [3.8, 4) is 11.5 Å². The molecule has 0 bridgehead atoms. The number of likely N-dealkylation sites (N-methyl/N-ethyl adjacent to an activating group) is 1. The molecule has 0 aliphatic rings. The number of hydrogen-bond donors (Lipinski definition) is 1. The van der Waals surface area contributed by atoms with Crippen molar-refractivity contribution in [1.29, 1.82) is 0 Å². The van der Waals surface area contributed by atoms with Crippen LogP contribution in [0.15, 0.2) is 48.5 Å². The zero-order valence-corrected chi connectivity index (χ0v) is 16.8. The Labute approximate surface area is 162 Å². The van der Waals surface area contributed by atoms with Gasteiger partial charge in [-0.1, -0.05) is 12.1 Å². The monoisotopic (exact) mass is 454 g/mol. The normalized spacial score (nSPS) is 11.9. The summed E-state index contributed by atoms with van der Waals surface area (Å²) in [5.41, 5.74) is 1.09. The number of ether oxygens (including phenoxy) is 2. The second-order valence-electron chi connectivity index (χ2n) is 5.80. The molecule has 0 fully saturated rings. The lowest BCUT2D eigenvalue weighted by molar-refractivity contribution is -0.123. The summed E-state index contributed by atoms with van der Waals surface area (Å²) in [7, 11) is 5.62. The van der Waals surface area contributed by atoms with Crippen molar-refractivity contribution in [1.82, 2.24) is 10.2 Å². The van der Waals surface area contributed by atoms with E-state index in [2.05, 4.69) is 32.8 Å². The fourth-order valence-electron chi connectivity index (χ4n) is 2.39. The number of rotatable bonds is 8. The highest BCUT2D eigenvalue weighted by atomic mass is 127. The van der Waals surface area contributed by atoms with Gasteiger partial charge in [0.2, 0.25) is 0 Å². The summed E-state index contributed by atoms with van der Waals surface area (Å²) in [4.78, 5) is 14.1. The molecule has 0 aromatic heterocycles. The summed E-state index contributed by atoms with van der Waals surface area (Å²) < 4.78 is 11.9. The van der Waals surface area contributed by atoms with Crippen LogP contribution in [0.4, 0.5) is 0 Å². The van der Waals surface area contributed by atoms with Crippen LogP contribution in [0.1, 0.15) is 11.6 Å². The Morgan fingerprint density at radius 2 is 1.88 bits per heavy atom. The number of hydrogen-bond acceptors (Lipinski definition) is 4. The highest BCUT2D eigenvalue weighted by molar-refractivity contribution is 14.1. The van der Waals surface area contributed by atoms with E-state index in [1.54, 1.807) is 7.11 Å². The largest absolute Gasteiger partial charge is 0.497 e. The van der Waals surface area contributed by atoms with E-state index in [9.17, 15) is 4.79 Å². The van der Waals surface area contributed by atoms with Gasteiger partial charge >= 0.3 is 0 Å². The quantitative estimate of drug-likeness (QED) is 0.624. The third-order valence-corrected chi connectivity index (χ3v) is 4.50. The highest BCUT2D eigenvalue weighted by Gasteiger charge is 2.16. The van der Waals surface area contributed by atoms with Crippen LogP contribution in [0.3, 0.4) is 0 Å².